The van der Waals surface area contributed by atoms with Crippen LogP contribution in [0.4, 0.5) is 10.5 Å². The summed E-state index contributed by atoms with van der Waals surface area (Å²) >= 11 is 1.84. The first-order valence-electron chi connectivity index (χ1n) is 6.51. The fourth-order valence-corrected chi connectivity index (χ4v) is 2.41. The summed E-state index contributed by atoms with van der Waals surface area (Å²) in [6.45, 7) is 4.05. The molecule has 0 aliphatic heterocycles. The molecule has 1 aromatic carbocycles. The Morgan fingerprint density at radius 2 is 2.15 bits per heavy atom. The van der Waals surface area contributed by atoms with Crippen LogP contribution >= 0.6 is 11.8 Å². The SMILES string of the molecule is CCSCCC(C)NC(=O)Nc1cccc(C(=O)O)c1. The van der Waals surface area contributed by atoms with Crippen molar-refractivity contribution in [3.63, 3.8) is 0 Å². The van der Waals surface area contributed by atoms with Gasteiger partial charge in [-0.15, -0.1) is 0 Å². The fraction of sp³-hybridized carbons (Fsp3) is 0.429. The molecule has 2 amide bonds. The number of benzene rings is 1. The Labute approximate surface area is 123 Å². The van der Waals surface area contributed by atoms with Gasteiger partial charge in [-0.3, -0.25) is 0 Å². The molecule has 1 aromatic rings. The molecule has 1 rings (SSSR count). The van der Waals surface area contributed by atoms with Crippen molar-refractivity contribution in [3.05, 3.63) is 29.8 Å². The van der Waals surface area contributed by atoms with Crippen LogP contribution in [0.3, 0.4) is 0 Å². The molecule has 1 atom stereocenters. The topological polar surface area (TPSA) is 78.4 Å². The summed E-state index contributed by atoms with van der Waals surface area (Å²) in [7, 11) is 0. The number of hydrogen-bond donors (Lipinski definition) is 3. The van der Waals surface area contributed by atoms with E-state index in [1.807, 2.05) is 18.7 Å². The van der Waals surface area contributed by atoms with Gasteiger partial charge in [-0.25, -0.2) is 9.59 Å². The number of hydrogen-bond acceptors (Lipinski definition) is 3. The number of carboxylic acids is 1. The molecule has 0 spiro atoms. The van der Waals surface area contributed by atoms with Gasteiger partial charge in [0.25, 0.3) is 0 Å². The van der Waals surface area contributed by atoms with E-state index < -0.39 is 5.97 Å². The number of carboxylic acid groups (broad SMARTS) is 1. The van der Waals surface area contributed by atoms with E-state index in [1.54, 1.807) is 12.1 Å². The molecule has 20 heavy (non-hydrogen) atoms. The fourth-order valence-electron chi connectivity index (χ4n) is 1.60. The molecule has 110 valence electrons. The molecule has 5 nitrogen and oxygen atoms in total. The van der Waals surface area contributed by atoms with Crippen LogP contribution in [0.2, 0.25) is 0 Å². The van der Waals surface area contributed by atoms with Crippen LogP contribution in [-0.2, 0) is 0 Å². The summed E-state index contributed by atoms with van der Waals surface area (Å²) in [5.41, 5.74) is 0.618. The first-order valence-corrected chi connectivity index (χ1v) is 7.67. The third-order valence-electron chi connectivity index (χ3n) is 2.64. The highest BCUT2D eigenvalue weighted by molar-refractivity contribution is 7.99. The van der Waals surface area contributed by atoms with Gasteiger partial charge in [-0.2, -0.15) is 11.8 Å². The first-order chi connectivity index (χ1) is 9.52. The summed E-state index contributed by atoms with van der Waals surface area (Å²) < 4.78 is 0. The van der Waals surface area contributed by atoms with Crippen molar-refractivity contribution < 1.29 is 14.7 Å². The summed E-state index contributed by atoms with van der Waals surface area (Å²) in [5, 5.41) is 14.3. The number of carbonyl (C=O) groups excluding carboxylic acids is 1. The van der Waals surface area contributed by atoms with E-state index in [0.29, 0.717) is 5.69 Å². The van der Waals surface area contributed by atoms with Crippen LogP contribution in [0.15, 0.2) is 24.3 Å². The summed E-state index contributed by atoms with van der Waals surface area (Å²) in [6.07, 6.45) is 0.904. The van der Waals surface area contributed by atoms with Crippen molar-refractivity contribution in [2.45, 2.75) is 26.3 Å². The van der Waals surface area contributed by atoms with Gasteiger partial charge in [0.1, 0.15) is 0 Å². The van der Waals surface area contributed by atoms with E-state index in [2.05, 4.69) is 17.6 Å². The maximum Gasteiger partial charge on any atom is 0.335 e. The molecule has 6 heteroatoms. The molecule has 0 saturated carbocycles. The molecular formula is C14H20N2O3S. The Bertz CT molecular complexity index is 465. The van der Waals surface area contributed by atoms with Crippen molar-refractivity contribution in [1.29, 1.82) is 0 Å². The van der Waals surface area contributed by atoms with Crippen molar-refractivity contribution in [1.82, 2.24) is 5.32 Å². The summed E-state index contributed by atoms with van der Waals surface area (Å²) in [5.74, 6) is 1.06. The summed E-state index contributed by atoms with van der Waals surface area (Å²) in [4.78, 5) is 22.6. The standard InChI is InChI=1S/C14H20N2O3S/c1-3-20-8-7-10(2)15-14(19)16-12-6-4-5-11(9-12)13(17)18/h4-6,9-10H,3,7-8H2,1-2H3,(H,17,18)(H2,15,16,19). The van der Waals surface area contributed by atoms with Crippen LogP contribution in [0.5, 0.6) is 0 Å². The highest BCUT2D eigenvalue weighted by Crippen LogP contribution is 2.10. The van der Waals surface area contributed by atoms with Crippen molar-refractivity contribution >= 4 is 29.4 Å². The second-order valence-corrected chi connectivity index (χ2v) is 5.76. The van der Waals surface area contributed by atoms with Crippen molar-refractivity contribution in [2.75, 3.05) is 16.8 Å². The highest BCUT2D eigenvalue weighted by atomic mass is 32.2. The highest BCUT2D eigenvalue weighted by Gasteiger charge is 2.08. The number of carbonyl (C=O) groups is 2. The van der Waals surface area contributed by atoms with Crippen LogP contribution in [0, 0.1) is 0 Å². The van der Waals surface area contributed by atoms with Gasteiger partial charge in [-0.05, 0) is 43.0 Å². The van der Waals surface area contributed by atoms with Crippen molar-refractivity contribution in [2.24, 2.45) is 0 Å². The van der Waals surface area contributed by atoms with Gasteiger partial charge in [0, 0.05) is 11.7 Å². The van der Waals surface area contributed by atoms with Gasteiger partial charge in [-0.1, -0.05) is 13.0 Å². The second kappa shape index (κ2) is 8.47. The Morgan fingerprint density at radius 3 is 2.80 bits per heavy atom. The first kappa shape index (κ1) is 16.4. The molecule has 0 saturated heterocycles. The zero-order chi connectivity index (χ0) is 15.0. The average molecular weight is 296 g/mol. The zero-order valence-corrected chi connectivity index (χ0v) is 12.5. The number of anilines is 1. The van der Waals surface area contributed by atoms with Gasteiger partial charge in [0.2, 0.25) is 0 Å². The van der Waals surface area contributed by atoms with Gasteiger partial charge in [0.05, 0.1) is 5.56 Å². The average Bonchev–Trinajstić information content (AvgIpc) is 2.39. The third-order valence-corrected chi connectivity index (χ3v) is 3.58. The lowest BCUT2D eigenvalue weighted by Crippen LogP contribution is -2.36. The number of nitrogens with one attached hydrogen (secondary N) is 2. The molecule has 0 aliphatic carbocycles. The van der Waals surface area contributed by atoms with E-state index in [9.17, 15) is 9.59 Å². The minimum Gasteiger partial charge on any atom is -0.478 e. The monoisotopic (exact) mass is 296 g/mol. The molecular weight excluding hydrogens is 276 g/mol. The summed E-state index contributed by atoms with van der Waals surface area (Å²) in [6, 6.07) is 5.93. The molecule has 0 radical (unpaired) electrons. The Kier molecular flexibility index (Phi) is 6.93. The van der Waals surface area contributed by atoms with Crippen LogP contribution in [0.25, 0.3) is 0 Å². The third kappa shape index (κ3) is 5.97. The normalized spacial score (nSPS) is 11.7. The predicted molar refractivity (Wildman–Crippen MR) is 82.6 cm³/mol. The van der Waals surface area contributed by atoms with E-state index in [0.717, 1.165) is 17.9 Å². The molecule has 0 aromatic heterocycles. The van der Waals surface area contributed by atoms with Crippen LogP contribution in [0.1, 0.15) is 30.6 Å². The lowest BCUT2D eigenvalue weighted by Gasteiger charge is -2.14. The van der Waals surface area contributed by atoms with E-state index in [4.69, 9.17) is 5.11 Å². The van der Waals surface area contributed by atoms with Gasteiger partial charge >= 0.3 is 12.0 Å². The number of rotatable bonds is 7. The largest absolute Gasteiger partial charge is 0.478 e. The molecule has 0 bridgehead atoms. The van der Waals surface area contributed by atoms with Gasteiger partial charge < -0.3 is 15.7 Å². The maximum absolute atomic E-state index is 11.8. The molecule has 0 aliphatic rings. The van der Waals surface area contributed by atoms with E-state index >= 15 is 0 Å². The number of amides is 2. The Morgan fingerprint density at radius 1 is 1.40 bits per heavy atom. The maximum atomic E-state index is 11.8. The molecule has 0 fully saturated rings. The smallest absolute Gasteiger partial charge is 0.335 e. The van der Waals surface area contributed by atoms with E-state index in [-0.39, 0.29) is 17.6 Å². The molecule has 0 heterocycles. The lowest BCUT2D eigenvalue weighted by atomic mass is 10.2. The molecule has 1 unspecified atom stereocenters. The van der Waals surface area contributed by atoms with Crippen molar-refractivity contribution in [3.8, 4) is 0 Å². The lowest BCUT2D eigenvalue weighted by molar-refractivity contribution is 0.0697. The van der Waals surface area contributed by atoms with Crippen LogP contribution < -0.4 is 10.6 Å². The Hall–Kier alpha value is -1.69. The molecule has 3 N–H and O–H groups in total. The Balaban J connectivity index is 2.45. The van der Waals surface area contributed by atoms with Gasteiger partial charge in [0.15, 0.2) is 0 Å². The van der Waals surface area contributed by atoms with E-state index in [1.165, 1.54) is 12.1 Å². The number of thioether (sulfide) groups is 1. The predicted octanol–water partition coefficient (Wildman–Crippen LogP) is 3.04. The number of urea groups is 1. The number of aromatic carboxylic acids is 1. The minimum absolute atomic E-state index is 0.0803. The zero-order valence-electron chi connectivity index (χ0n) is 11.7. The quantitative estimate of drug-likeness (QED) is 0.676. The van der Waals surface area contributed by atoms with Crippen LogP contribution in [-0.4, -0.2) is 34.7 Å². The minimum atomic E-state index is -1.01. The second-order valence-electron chi connectivity index (χ2n) is 4.37.